The number of aromatic nitrogens is 1. The smallest absolute Gasteiger partial charge is 0.0424 e. The fourth-order valence-electron chi connectivity index (χ4n) is 1.95. The molecule has 1 N–H and O–H groups in total. The lowest BCUT2D eigenvalue weighted by Gasteiger charge is -2.16. The molecule has 0 bridgehead atoms. The minimum Gasteiger partial charge on any atom is -0.282 e. The Hall–Kier alpha value is -1.90. The molecule has 0 spiro atoms. The SMILES string of the molecule is C1=NNC2=CC=C(c3cccnc3)CC12. The molecule has 1 unspecified atom stereocenters. The lowest BCUT2D eigenvalue weighted by atomic mass is 9.90. The number of hydrogen-bond acceptors (Lipinski definition) is 3. The van der Waals surface area contributed by atoms with Crippen LogP contribution in [0.15, 0.2) is 47.5 Å². The van der Waals surface area contributed by atoms with E-state index in [1.165, 1.54) is 16.8 Å². The zero-order chi connectivity index (χ0) is 10.1. The molecular weight excluding hydrogens is 186 g/mol. The highest BCUT2D eigenvalue weighted by molar-refractivity contribution is 5.77. The Morgan fingerprint density at radius 1 is 1.33 bits per heavy atom. The topological polar surface area (TPSA) is 37.3 Å². The van der Waals surface area contributed by atoms with Crippen LogP contribution in [0.1, 0.15) is 12.0 Å². The summed E-state index contributed by atoms with van der Waals surface area (Å²) < 4.78 is 0. The quantitative estimate of drug-likeness (QED) is 0.747. The monoisotopic (exact) mass is 197 g/mol. The third-order valence-corrected chi connectivity index (χ3v) is 2.78. The molecule has 1 atom stereocenters. The molecule has 1 aliphatic heterocycles. The van der Waals surface area contributed by atoms with Crippen molar-refractivity contribution in [1.82, 2.24) is 10.4 Å². The number of hydrogen-bond donors (Lipinski definition) is 1. The third kappa shape index (κ3) is 1.46. The molecular formula is C12H11N3. The van der Waals surface area contributed by atoms with E-state index in [9.17, 15) is 0 Å². The lowest BCUT2D eigenvalue weighted by Crippen LogP contribution is -2.11. The second-order valence-electron chi connectivity index (χ2n) is 3.76. The first kappa shape index (κ1) is 8.41. The van der Waals surface area contributed by atoms with Crippen LogP contribution in [0.5, 0.6) is 0 Å². The summed E-state index contributed by atoms with van der Waals surface area (Å²) in [5.41, 5.74) is 6.73. The van der Waals surface area contributed by atoms with Gasteiger partial charge in [-0.3, -0.25) is 10.4 Å². The van der Waals surface area contributed by atoms with Crippen molar-refractivity contribution in [2.45, 2.75) is 6.42 Å². The van der Waals surface area contributed by atoms with E-state index in [0.29, 0.717) is 5.92 Å². The third-order valence-electron chi connectivity index (χ3n) is 2.78. The molecule has 3 rings (SSSR count). The van der Waals surface area contributed by atoms with Gasteiger partial charge in [-0.15, -0.1) is 0 Å². The maximum Gasteiger partial charge on any atom is 0.0424 e. The average Bonchev–Trinajstić information content (AvgIpc) is 2.77. The van der Waals surface area contributed by atoms with Gasteiger partial charge in [-0.05, 0) is 29.7 Å². The van der Waals surface area contributed by atoms with Crippen LogP contribution in [-0.2, 0) is 0 Å². The Labute approximate surface area is 88.2 Å². The summed E-state index contributed by atoms with van der Waals surface area (Å²) in [6.07, 6.45) is 10.9. The van der Waals surface area contributed by atoms with E-state index in [0.717, 1.165) is 6.42 Å². The minimum absolute atomic E-state index is 0.421. The average molecular weight is 197 g/mol. The molecule has 0 fully saturated rings. The van der Waals surface area contributed by atoms with Gasteiger partial charge in [-0.2, -0.15) is 5.10 Å². The van der Waals surface area contributed by atoms with Gasteiger partial charge in [-0.1, -0.05) is 12.1 Å². The first-order chi connectivity index (χ1) is 7.43. The highest BCUT2D eigenvalue weighted by Crippen LogP contribution is 2.30. The molecule has 74 valence electrons. The molecule has 2 heterocycles. The molecule has 1 aromatic rings. The maximum absolute atomic E-state index is 4.13. The summed E-state index contributed by atoms with van der Waals surface area (Å²) >= 11 is 0. The summed E-state index contributed by atoms with van der Waals surface area (Å²) in [4.78, 5) is 4.13. The van der Waals surface area contributed by atoms with Crippen molar-refractivity contribution in [2.75, 3.05) is 0 Å². The molecule has 0 saturated heterocycles. The van der Waals surface area contributed by atoms with Crippen LogP contribution in [0.2, 0.25) is 0 Å². The zero-order valence-corrected chi connectivity index (χ0v) is 8.22. The van der Waals surface area contributed by atoms with Crippen molar-refractivity contribution in [3.05, 3.63) is 47.9 Å². The van der Waals surface area contributed by atoms with Crippen LogP contribution in [0.3, 0.4) is 0 Å². The standard InChI is InChI=1S/C12H11N3/c1-2-10(7-13-5-1)9-3-4-12-11(6-9)8-14-15-12/h1-5,7-8,11,15H,6H2. The van der Waals surface area contributed by atoms with Crippen molar-refractivity contribution >= 4 is 11.8 Å². The van der Waals surface area contributed by atoms with E-state index >= 15 is 0 Å². The Morgan fingerprint density at radius 3 is 3.20 bits per heavy atom. The van der Waals surface area contributed by atoms with Crippen LogP contribution >= 0.6 is 0 Å². The van der Waals surface area contributed by atoms with Crippen LogP contribution in [0, 0.1) is 5.92 Å². The van der Waals surface area contributed by atoms with Gasteiger partial charge in [0.15, 0.2) is 0 Å². The summed E-state index contributed by atoms with van der Waals surface area (Å²) in [6.45, 7) is 0. The van der Waals surface area contributed by atoms with Gasteiger partial charge in [-0.25, -0.2) is 0 Å². The van der Waals surface area contributed by atoms with Gasteiger partial charge >= 0.3 is 0 Å². The van der Waals surface area contributed by atoms with Crippen LogP contribution < -0.4 is 5.43 Å². The predicted octanol–water partition coefficient (Wildman–Crippen LogP) is 1.96. The van der Waals surface area contributed by atoms with E-state index in [4.69, 9.17) is 0 Å². The van der Waals surface area contributed by atoms with Crippen molar-refractivity contribution in [1.29, 1.82) is 0 Å². The van der Waals surface area contributed by atoms with Gasteiger partial charge in [0, 0.05) is 30.2 Å². The lowest BCUT2D eigenvalue weighted by molar-refractivity contribution is 0.781. The van der Waals surface area contributed by atoms with Crippen LogP contribution in [0.25, 0.3) is 5.57 Å². The minimum atomic E-state index is 0.421. The summed E-state index contributed by atoms with van der Waals surface area (Å²) in [7, 11) is 0. The molecule has 1 aliphatic carbocycles. The molecule has 0 amide bonds. The fraction of sp³-hybridized carbons (Fsp3) is 0.167. The van der Waals surface area contributed by atoms with Crippen LogP contribution in [-0.4, -0.2) is 11.2 Å². The van der Waals surface area contributed by atoms with E-state index in [1.54, 1.807) is 6.20 Å². The van der Waals surface area contributed by atoms with E-state index in [2.05, 4.69) is 33.7 Å². The second-order valence-corrected chi connectivity index (χ2v) is 3.76. The highest BCUT2D eigenvalue weighted by atomic mass is 15.3. The summed E-state index contributed by atoms with van der Waals surface area (Å²) in [5, 5.41) is 4.06. The molecule has 0 saturated carbocycles. The highest BCUT2D eigenvalue weighted by Gasteiger charge is 2.21. The Kier molecular flexibility index (Phi) is 1.88. The number of hydrazone groups is 1. The maximum atomic E-state index is 4.13. The number of allylic oxidation sites excluding steroid dienone is 4. The van der Waals surface area contributed by atoms with Crippen molar-refractivity contribution < 1.29 is 0 Å². The van der Waals surface area contributed by atoms with Gasteiger partial charge < -0.3 is 0 Å². The van der Waals surface area contributed by atoms with Crippen molar-refractivity contribution in [3.8, 4) is 0 Å². The zero-order valence-electron chi connectivity index (χ0n) is 8.22. The normalized spacial score (nSPS) is 22.8. The van der Waals surface area contributed by atoms with Crippen molar-refractivity contribution in [3.63, 3.8) is 0 Å². The first-order valence-electron chi connectivity index (χ1n) is 5.04. The van der Waals surface area contributed by atoms with Crippen molar-refractivity contribution in [2.24, 2.45) is 11.0 Å². The molecule has 3 heteroatoms. The Balaban J connectivity index is 1.94. The summed E-state index contributed by atoms with van der Waals surface area (Å²) in [6, 6.07) is 4.06. The number of nitrogens with zero attached hydrogens (tertiary/aromatic N) is 2. The van der Waals surface area contributed by atoms with Gasteiger partial charge in [0.05, 0.1) is 0 Å². The molecule has 0 radical (unpaired) electrons. The number of fused-ring (bicyclic) bond motifs is 1. The molecule has 1 aromatic heterocycles. The van der Waals surface area contributed by atoms with E-state index < -0.39 is 0 Å². The fourth-order valence-corrected chi connectivity index (χ4v) is 1.95. The van der Waals surface area contributed by atoms with Gasteiger partial charge in [0.2, 0.25) is 0 Å². The second kappa shape index (κ2) is 3.35. The van der Waals surface area contributed by atoms with Gasteiger partial charge in [0.25, 0.3) is 0 Å². The first-order valence-corrected chi connectivity index (χ1v) is 5.04. The molecule has 0 aromatic carbocycles. The van der Waals surface area contributed by atoms with Gasteiger partial charge in [0.1, 0.15) is 0 Å². The largest absolute Gasteiger partial charge is 0.282 e. The molecule has 2 aliphatic rings. The predicted molar refractivity (Wildman–Crippen MR) is 60.0 cm³/mol. The Morgan fingerprint density at radius 2 is 2.33 bits per heavy atom. The number of rotatable bonds is 1. The number of nitrogens with one attached hydrogen (secondary N) is 1. The Bertz CT molecular complexity index is 457. The summed E-state index contributed by atoms with van der Waals surface area (Å²) in [5.74, 6) is 0.421. The number of pyridine rings is 1. The molecule has 3 nitrogen and oxygen atoms in total. The molecule has 15 heavy (non-hydrogen) atoms. The van der Waals surface area contributed by atoms with Crippen LogP contribution in [0.4, 0.5) is 0 Å². The van der Waals surface area contributed by atoms with E-state index in [-0.39, 0.29) is 0 Å². The van der Waals surface area contributed by atoms with E-state index in [1.807, 2.05) is 18.5 Å².